The van der Waals surface area contributed by atoms with Crippen LogP contribution in [0, 0.1) is 0 Å². The quantitative estimate of drug-likeness (QED) is 0.778. The summed E-state index contributed by atoms with van der Waals surface area (Å²) in [5, 5.41) is 6.79. The van der Waals surface area contributed by atoms with Gasteiger partial charge < -0.3 is 14.2 Å². The normalized spacial score (nSPS) is 15.8. The minimum atomic E-state index is -3.55. The molecule has 1 aromatic heterocycles. The highest BCUT2D eigenvalue weighted by molar-refractivity contribution is 7.91. The summed E-state index contributed by atoms with van der Waals surface area (Å²) in [6.07, 6.45) is 2.12. The maximum atomic E-state index is 12.8. The van der Waals surface area contributed by atoms with Crippen LogP contribution in [0.3, 0.4) is 0 Å². The van der Waals surface area contributed by atoms with E-state index in [9.17, 15) is 13.2 Å². The van der Waals surface area contributed by atoms with Gasteiger partial charge in [-0.3, -0.25) is 4.79 Å². The van der Waals surface area contributed by atoms with Gasteiger partial charge in [-0.25, -0.2) is 8.42 Å². The van der Waals surface area contributed by atoms with Crippen molar-refractivity contribution in [3.8, 4) is 5.75 Å². The average Bonchev–Trinajstić information content (AvgIpc) is 3.09. The molecule has 1 amide bonds. The van der Waals surface area contributed by atoms with E-state index in [1.54, 1.807) is 30.1 Å². The molecular formula is C17H22N4O4S. The number of carbonyl (C=O) groups is 1. The number of hydrogen-bond acceptors (Lipinski definition) is 6. The van der Waals surface area contributed by atoms with Gasteiger partial charge in [0.2, 0.25) is 15.0 Å². The lowest BCUT2D eigenvalue weighted by Gasteiger charge is -2.31. The molecule has 2 heterocycles. The van der Waals surface area contributed by atoms with Crippen LogP contribution in [-0.2, 0) is 16.9 Å². The number of rotatable bonds is 5. The van der Waals surface area contributed by atoms with Gasteiger partial charge in [0.05, 0.1) is 17.4 Å². The maximum Gasteiger partial charge on any atom is 0.257 e. The minimum Gasteiger partial charge on any atom is -0.493 e. The summed E-state index contributed by atoms with van der Waals surface area (Å²) in [5.74, 6) is 0.414. The van der Waals surface area contributed by atoms with Gasteiger partial charge in [0.15, 0.2) is 0 Å². The fourth-order valence-electron chi connectivity index (χ4n) is 3.14. The van der Waals surface area contributed by atoms with Crippen LogP contribution in [0.5, 0.6) is 5.75 Å². The number of aromatic nitrogens is 3. The van der Waals surface area contributed by atoms with E-state index >= 15 is 0 Å². The summed E-state index contributed by atoms with van der Waals surface area (Å²) in [5.41, 5.74) is 0.504. The fourth-order valence-corrected chi connectivity index (χ4v) is 4.88. The molecule has 1 aliphatic rings. The molecule has 1 aromatic carbocycles. The Labute approximate surface area is 152 Å². The lowest BCUT2D eigenvalue weighted by molar-refractivity contribution is 0.0721. The van der Waals surface area contributed by atoms with E-state index in [0.717, 1.165) is 0 Å². The van der Waals surface area contributed by atoms with E-state index in [0.29, 0.717) is 43.9 Å². The maximum absolute atomic E-state index is 12.8. The average molecular weight is 378 g/mol. The summed E-state index contributed by atoms with van der Waals surface area (Å²) in [6.45, 7) is 3.09. The fraction of sp³-hybridized carbons (Fsp3) is 0.471. The van der Waals surface area contributed by atoms with E-state index in [-0.39, 0.29) is 11.1 Å². The molecule has 140 valence electrons. The number of aryl methyl sites for hydroxylation is 1. The van der Waals surface area contributed by atoms with Gasteiger partial charge in [-0.15, -0.1) is 10.2 Å². The number of nitrogens with zero attached hydrogens (tertiary/aromatic N) is 4. The number of para-hydroxylation sites is 1. The van der Waals surface area contributed by atoms with Gasteiger partial charge in [-0.2, -0.15) is 0 Å². The van der Waals surface area contributed by atoms with Gasteiger partial charge in [-0.05, 0) is 31.9 Å². The van der Waals surface area contributed by atoms with E-state index in [2.05, 4.69) is 10.2 Å². The molecule has 2 aromatic rings. The van der Waals surface area contributed by atoms with Crippen LogP contribution in [0.15, 0.2) is 35.7 Å². The Morgan fingerprint density at radius 3 is 2.58 bits per heavy atom. The van der Waals surface area contributed by atoms with Crippen molar-refractivity contribution >= 4 is 15.7 Å². The molecule has 3 rings (SSSR count). The zero-order valence-electron chi connectivity index (χ0n) is 14.8. The number of sulfone groups is 1. The molecule has 0 spiro atoms. The first-order valence-corrected chi connectivity index (χ1v) is 10.1. The van der Waals surface area contributed by atoms with Crippen molar-refractivity contribution in [3.63, 3.8) is 0 Å². The molecule has 1 aliphatic heterocycles. The number of amides is 1. The molecule has 0 saturated carbocycles. The van der Waals surface area contributed by atoms with Crippen molar-refractivity contribution in [2.75, 3.05) is 19.7 Å². The molecule has 1 saturated heterocycles. The summed E-state index contributed by atoms with van der Waals surface area (Å²) in [4.78, 5) is 14.5. The third-order valence-electron chi connectivity index (χ3n) is 4.51. The van der Waals surface area contributed by atoms with Crippen LogP contribution < -0.4 is 4.74 Å². The van der Waals surface area contributed by atoms with Crippen LogP contribution in [0.1, 0.15) is 30.1 Å². The van der Waals surface area contributed by atoms with Crippen molar-refractivity contribution in [2.24, 2.45) is 7.05 Å². The smallest absolute Gasteiger partial charge is 0.257 e. The number of piperidine rings is 1. The molecule has 0 bridgehead atoms. The van der Waals surface area contributed by atoms with Crippen molar-refractivity contribution in [2.45, 2.75) is 30.2 Å². The highest BCUT2D eigenvalue weighted by Crippen LogP contribution is 2.26. The number of carbonyl (C=O) groups excluding carboxylic acids is 1. The summed E-state index contributed by atoms with van der Waals surface area (Å²) < 4.78 is 32.3. The largest absolute Gasteiger partial charge is 0.493 e. The summed E-state index contributed by atoms with van der Waals surface area (Å²) >= 11 is 0. The second-order valence-electron chi connectivity index (χ2n) is 6.19. The van der Waals surface area contributed by atoms with Gasteiger partial charge in [0.25, 0.3) is 5.91 Å². The van der Waals surface area contributed by atoms with Crippen LogP contribution >= 0.6 is 0 Å². The lowest BCUT2D eigenvalue weighted by Crippen LogP contribution is -2.43. The van der Waals surface area contributed by atoms with Crippen molar-refractivity contribution in [1.82, 2.24) is 19.7 Å². The van der Waals surface area contributed by atoms with E-state index in [1.807, 2.05) is 13.0 Å². The Bertz CT molecular complexity index is 886. The van der Waals surface area contributed by atoms with E-state index < -0.39 is 15.1 Å². The Hall–Kier alpha value is -2.42. The molecule has 0 atom stereocenters. The molecule has 0 radical (unpaired) electrons. The van der Waals surface area contributed by atoms with Gasteiger partial charge in [0, 0.05) is 20.1 Å². The number of ether oxygens (including phenoxy) is 1. The van der Waals surface area contributed by atoms with Crippen LogP contribution in [0.2, 0.25) is 0 Å². The molecule has 0 unspecified atom stereocenters. The predicted molar refractivity (Wildman–Crippen MR) is 94.7 cm³/mol. The first kappa shape index (κ1) is 18.4. The number of benzene rings is 1. The molecule has 26 heavy (non-hydrogen) atoms. The second-order valence-corrected chi connectivity index (χ2v) is 8.31. The van der Waals surface area contributed by atoms with Crippen molar-refractivity contribution in [1.29, 1.82) is 0 Å². The first-order valence-electron chi connectivity index (χ1n) is 8.54. The van der Waals surface area contributed by atoms with Crippen LogP contribution in [0.25, 0.3) is 0 Å². The molecule has 9 heteroatoms. The minimum absolute atomic E-state index is 0.0241. The molecule has 0 N–H and O–H groups in total. The standard InChI is InChI=1S/C17H22N4O4S/c1-3-25-15-7-5-4-6-14(15)16(22)21-10-8-13(9-11-21)26(23,24)17-19-18-12-20(17)2/h4-7,12-13H,3,8-11H2,1-2H3. The van der Waals surface area contributed by atoms with Crippen molar-refractivity contribution < 1.29 is 17.9 Å². The van der Waals surface area contributed by atoms with Crippen molar-refractivity contribution in [3.05, 3.63) is 36.2 Å². The SMILES string of the molecule is CCOc1ccccc1C(=O)N1CCC(S(=O)(=O)c2nncn2C)CC1. The highest BCUT2D eigenvalue weighted by Gasteiger charge is 2.35. The number of likely N-dealkylation sites (tertiary alicyclic amines) is 1. The summed E-state index contributed by atoms with van der Waals surface area (Å²) in [6, 6.07) is 7.11. The summed E-state index contributed by atoms with van der Waals surface area (Å²) in [7, 11) is -1.95. The zero-order valence-corrected chi connectivity index (χ0v) is 15.6. The van der Waals surface area contributed by atoms with Gasteiger partial charge in [-0.1, -0.05) is 12.1 Å². The predicted octanol–water partition coefficient (Wildman–Crippen LogP) is 1.29. The second kappa shape index (κ2) is 7.45. The molecular weight excluding hydrogens is 356 g/mol. The molecule has 1 fully saturated rings. The Morgan fingerprint density at radius 2 is 1.96 bits per heavy atom. The first-order chi connectivity index (χ1) is 12.4. The lowest BCUT2D eigenvalue weighted by atomic mass is 10.1. The Morgan fingerprint density at radius 1 is 1.27 bits per heavy atom. The van der Waals surface area contributed by atoms with Crippen LogP contribution in [-0.4, -0.2) is 58.9 Å². The van der Waals surface area contributed by atoms with E-state index in [1.165, 1.54) is 10.9 Å². The molecule has 0 aliphatic carbocycles. The van der Waals surface area contributed by atoms with Crippen LogP contribution in [0.4, 0.5) is 0 Å². The number of hydrogen-bond donors (Lipinski definition) is 0. The third-order valence-corrected chi connectivity index (χ3v) is 6.74. The highest BCUT2D eigenvalue weighted by atomic mass is 32.2. The zero-order chi connectivity index (χ0) is 18.7. The monoisotopic (exact) mass is 378 g/mol. The Balaban J connectivity index is 1.71. The third kappa shape index (κ3) is 3.44. The van der Waals surface area contributed by atoms with Gasteiger partial charge in [0.1, 0.15) is 12.1 Å². The Kier molecular flexibility index (Phi) is 5.26. The van der Waals surface area contributed by atoms with E-state index in [4.69, 9.17) is 4.74 Å². The molecule has 8 nitrogen and oxygen atoms in total. The van der Waals surface area contributed by atoms with Gasteiger partial charge >= 0.3 is 0 Å². The topological polar surface area (TPSA) is 94.4 Å².